The monoisotopic (exact) mass is 215 g/mol. The Hall–Kier alpha value is -1.59. The van der Waals surface area contributed by atoms with Crippen LogP contribution in [-0.4, -0.2) is 14.6 Å². The Balaban J connectivity index is 2.72. The number of aromatic nitrogens is 3. The summed E-state index contributed by atoms with van der Waals surface area (Å²) in [5.41, 5.74) is 0.401. The first kappa shape index (κ1) is 9.95. The molecular formula is C9H8F3N3. The minimum absolute atomic E-state index is 0.222. The molecule has 0 aliphatic carbocycles. The molecule has 2 aromatic heterocycles. The van der Waals surface area contributed by atoms with Crippen LogP contribution in [0.25, 0.3) is 5.65 Å². The van der Waals surface area contributed by atoms with Crippen molar-refractivity contribution in [3.8, 4) is 0 Å². The van der Waals surface area contributed by atoms with Crippen molar-refractivity contribution in [2.75, 3.05) is 0 Å². The van der Waals surface area contributed by atoms with Gasteiger partial charge in [0.15, 0.2) is 5.65 Å². The predicted octanol–water partition coefficient (Wildman–Crippen LogP) is 2.36. The molecule has 2 aromatic rings. The van der Waals surface area contributed by atoms with Gasteiger partial charge in [-0.15, -0.1) is 0 Å². The number of fused-ring (bicyclic) bond motifs is 1. The number of hydrogen-bond donors (Lipinski definition) is 0. The van der Waals surface area contributed by atoms with Crippen LogP contribution in [0.1, 0.15) is 17.1 Å². The lowest BCUT2D eigenvalue weighted by atomic mass is 10.3. The normalized spacial score (nSPS) is 12.3. The summed E-state index contributed by atoms with van der Waals surface area (Å²) >= 11 is 0. The number of alkyl halides is 3. The molecule has 2 heterocycles. The van der Waals surface area contributed by atoms with E-state index in [1.165, 1.54) is 10.6 Å². The van der Waals surface area contributed by atoms with Crippen LogP contribution in [0.3, 0.4) is 0 Å². The second kappa shape index (κ2) is 2.95. The first-order chi connectivity index (χ1) is 6.88. The molecule has 3 nitrogen and oxygen atoms in total. The van der Waals surface area contributed by atoms with Gasteiger partial charge in [0.2, 0.25) is 0 Å². The maximum atomic E-state index is 12.4. The fourth-order valence-electron chi connectivity index (χ4n) is 1.38. The molecule has 2 rings (SSSR count). The number of hydrogen-bond acceptors (Lipinski definition) is 2. The Bertz CT molecular complexity index is 513. The molecule has 0 aliphatic heterocycles. The largest absolute Gasteiger partial charge is 0.433 e. The minimum Gasteiger partial charge on any atom is -0.224 e. The molecular weight excluding hydrogens is 207 g/mol. The molecule has 0 aliphatic rings. The third-order valence-corrected chi connectivity index (χ3v) is 2.02. The fourth-order valence-corrected chi connectivity index (χ4v) is 1.38. The zero-order chi connectivity index (χ0) is 11.2. The lowest BCUT2D eigenvalue weighted by Gasteiger charge is -2.07. The summed E-state index contributed by atoms with van der Waals surface area (Å²) in [6.07, 6.45) is -4.41. The molecule has 15 heavy (non-hydrogen) atoms. The van der Waals surface area contributed by atoms with Gasteiger partial charge < -0.3 is 0 Å². The first-order valence-corrected chi connectivity index (χ1v) is 4.29. The van der Waals surface area contributed by atoms with Gasteiger partial charge >= 0.3 is 6.18 Å². The van der Waals surface area contributed by atoms with Gasteiger partial charge in [0.25, 0.3) is 0 Å². The third kappa shape index (κ3) is 1.67. The number of rotatable bonds is 0. The van der Waals surface area contributed by atoms with Gasteiger partial charge in [-0.1, -0.05) is 0 Å². The highest BCUT2D eigenvalue weighted by Gasteiger charge is 2.33. The molecule has 0 spiro atoms. The second-order valence-corrected chi connectivity index (χ2v) is 3.34. The highest BCUT2D eigenvalue weighted by Crippen LogP contribution is 2.28. The molecule has 0 atom stereocenters. The number of halogens is 3. The number of nitrogens with zero attached hydrogens (tertiary/aromatic N) is 3. The van der Waals surface area contributed by atoms with E-state index < -0.39 is 11.9 Å². The number of aryl methyl sites for hydroxylation is 2. The Kier molecular flexibility index (Phi) is 1.95. The molecule has 6 heteroatoms. The average molecular weight is 215 g/mol. The smallest absolute Gasteiger partial charge is 0.224 e. The van der Waals surface area contributed by atoms with Crippen LogP contribution in [0.15, 0.2) is 12.1 Å². The van der Waals surface area contributed by atoms with Crippen molar-refractivity contribution in [3.63, 3.8) is 0 Å². The predicted molar refractivity (Wildman–Crippen MR) is 47.5 cm³/mol. The molecule has 0 bridgehead atoms. The van der Waals surface area contributed by atoms with Crippen molar-refractivity contribution in [2.24, 2.45) is 0 Å². The van der Waals surface area contributed by atoms with Crippen LogP contribution in [0.2, 0.25) is 0 Å². The first-order valence-electron chi connectivity index (χ1n) is 4.29. The minimum atomic E-state index is -4.41. The standard InChI is InChI=1S/C9H8F3N3/c1-5-3-8-13-7(9(10,11)12)4-6(2)15(8)14-5/h3-4H,1-2H3. The van der Waals surface area contributed by atoms with E-state index in [2.05, 4.69) is 10.1 Å². The van der Waals surface area contributed by atoms with Gasteiger partial charge in [-0.25, -0.2) is 9.50 Å². The summed E-state index contributed by atoms with van der Waals surface area (Å²) in [5.74, 6) is 0. The van der Waals surface area contributed by atoms with Crippen molar-refractivity contribution in [1.82, 2.24) is 14.6 Å². The second-order valence-electron chi connectivity index (χ2n) is 3.34. The Morgan fingerprint density at radius 1 is 1.20 bits per heavy atom. The molecule has 80 valence electrons. The molecule has 0 saturated heterocycles. The van der Waals surface area contributed by atoms with E-state index in [-0.39, 0.29) is 5.65 Å². The third-order valence-electron chi connectivity index (χ3n) is 2.02. The van der Waals surface area contributed by atoms with Gasteiger partial charge in [-0.2, -0.15) is 18.3 Å². The van der Waals surface area contributed by atoms with Crippen molar-refractivity contribution in [1.29, 1.82) is 0 Å². The Labute approximate surface area is 83.5 Å². The summed E-state index contributed by atoms with van der Waals surface area (Å²) in [6.45, 7) is 3.28. The van der Waals surface area contributed by atoms with E-state index in [1.54, 1.807) is 13.8 Å². The zero-order valence-electron chi connectivity index (χ0n) is 8.13. The van der Waals surface area contributed by atoms with E-state index >= 15 is 0 Å². The highest BCUT2D eigenvalue weighted by atomic mass is 19.4. The van der Waals surface area contributed by atoms with E-state index in [0.29, 0.717) is 11.4 Å². The van der Waals surface area contributed by atoms with Gasteiger partial charge in [0, 0.05) is 11.8 Å². The van der Waals surface area contributed by atoms with Gasteiger partial charge in [-0.05, 0) is 19.9 Å². The van der Waals surface area contributed by atoms with Crippen molar-refractivity contribution >= 4 is 5.65 Å². The summed E-state index contributed by atoms with van der Waals surface area (Å²) < 4.78 is 38.6. The van der Waals surface area contributed by atoms with E-state index in [4.69, 9.17) is 0 Å². The summed E-state index contributed by atoms with van der Waals surface area (Å²) in [5, 5.41) is 4.02. The molecule has 0 unspecified atom stereocenters. The van der Waals surface area contributed by atoms with Crippen molar-refractivity contribution < 1.29 is 13.2 Å². The highest BCUT2D eigenvalue weighted by molar-refractivity contribution is 5.41. The SMILES string of the molecule is Cc1cc2nc(C(F)(F)F)cc(C)n2n1. The molecule has 0 aromatic carbocycles. The van der Waals surface area contributed by atoms with E-state index in [9.17, 15) is 13.2 Å². The summed E-state index contributed by atoms with van der Waals surface area (Å²) in [7, 11) is 0. The Morgan fingerprint density at radius 3 is 2.47 bits per heavy atom. The molecule has 0 radical (unpaired) electrons. The lowest BCUT2D eigenvalue weighted by Crippen LogP contribution is -2.10. The summed E-state index contributed by atoms with van der Waals surface area (Å²) in [6, 6.07) is 2.50. The topological polar surface area (TPSA) is 30.2 Å². The molecule has 0 amide bonds. The maximum absolute atomic E-state index is 12.4. The zero-order valence-corrected chi connectivity index (χ0v) is 8.13. The lowest BCUT2D eigenvalue weighted by molar-refractivity contribution is -0.141. The van der Waals surface area contributed by atoms with Gasteiger partial charge in [0.1, 0.15) is 5.69 Å². The fraction of sp³-hybridized carbons (Fsp3) is 0.333. The van der Waals surface area contributed by atoms with Crippen LogP contribution in [-0.2, 0) is 6.18 Å². The Morgan fingerprint density at radius 2 is 1.87 bits per heavy atom. The quantitative estimate of drug-likeness (QED) is 0.675. The molecule has 0 N–H and O–H groups in total. The maximum Gasteiger partial charge on any atom is 0.433 e. The van der Waals surface area contributed by atoms with E-state index in [1.807, 2.05) is 0 Å². The van der Waals surface area contributed by atoms with Crippen LogP contribution >= 0.6 is 0 Å². The van der Waals surface area contributed by atoms with Crippen molar-refractivity contribution in [3.05, 3.63) is 29.2 Å². The van der Waals surface area contributed by atoms with Gasteiger partial charge in [-0.3, -0.25) is 0 Å². The van der Waals surface area contributed by atoms with Crippen LogP contribution < -0.4 is 0 Å². The molecule has 0 saturated carbocycles. The molecule has 0 fully saturated rings. The van der Waals surface area contributed by atoms with Crippen LogP contribution in [0.5, 0.6) is 0 Å². The summed E-state index contributed by atoms with van der Waals surface area (Å²) in [4.78, 5) is 3.50. The van der Waals surface area contributed by atoms with E-state index in [0.717, 1.165) is 6.07 Å². The average Bonchev–Trinajstić information content (AvgIpc) is 2.44. The van der Waals surface area contributed by atoms with Crippen LogP contribution in [0.4, 0.5) is 13.2 Å². The van der Waals surface area contributed by atoms with Crippen LogP contribution in [0, 0.1) is 13.8 Å². The van der Waals surface area contributed by atoms with Crippen molar-refractivity contribution in [2.45, 2.75) is 20.0 Å². The van der Waals surface area contributed by atoms with Gasteiger partial charge in [0.05, 0.1) is 5.69 Å².